The summed E-state index contributed by atoms with van der Waals surface area (Å²) in [5.41, 5.74) is 0.826. The van der Waals surface area contributed by atoms with Crippen LogP contribution in [0.5, 0.6) is 5.75 Å². The Kier molecular flexibility index (Phi) is 10.2. The van der Waals surface area contributed by atoms with Gasteiger partial charge in [-0.15, -0.1) is 0 Å². The Morgan fingerprint density at radius 1 is 1.06 bits per heavy atom. The lowest BCUT2D eigenvalue weighted by atomic mass is 10.1. The average molecular weight is 523 g/mol. The van der Waals surface area contributed by atoms with Crippen LogP contribution in [0.25, 0.3) is 0 Å². The molecule has 0 fully saturated rings. The van der Waals surface area contributed by atoms with Crippen molar-refractivity contribution in [2.75, 3.05) is 38.6 Å². The van der Waals surface area contributed by atoms with E-state index in [4.69, 9.17) is 4.74 Å². The van der Waals surface area contributed by atoms with E-state index in [1.54, 1.807) is 31.2 Å². The predicted molar refractivity (Wildman–Crippen MR) is 137 cm³/mol. The number of nitrogens with one attached hydrogen (secondary N) is 1. The zero-order valence-corrected chi connectivity index (χ0v) is 22.4. The topological polar surface area (TPSA) is 99.3 Å². The Labute approximate surface area is 213 Å². The minimum absolute atomic E-state index is 0.0472. The minimum Gasteiger partial charge on any atom is -0.497 e. The molecule has 9 nitrogen and oxygen atoms in total. The van der Waals surface area contributed by atoms with Gasteiger partial charge in [-0.05, 0) is 54.8 Å². The Morgan fingerprint density at radius 3 is 2.25 bits per heavy atom. The van der Waals surface area contributed by atoms with E-state index in [1.165, 1.54) is 38.2 Å². The van der Waals surface area contributed by atoms with Crippen LogP contribution in [0.15, 0.2) is 48.5 Å². The highest BCUT2D eigenvalue weighted by Gasteiger charge is 2.32. The van der Waals surface area contributed by atoms with Crippen LogP contribution in [0, 0.1) is 11.7 Å². The van der Waals surface area contributed by atoms with Gasteiger partial charge in [0, 0.05) is 27.2 Å². The number of carbonyl (C=O) groups excluding carboxylic acids is 2. The number of hydrogen-bond donors (Lipinski definition) is 1. The van der Waals surface area contributed by atoms with E-state index >= 15 is 0 Å². The van der Waals surface area contributed by atoms with E-state index in [0.717, 1.165) is 20.7 Å². The van der Waals surface area contributed by atoms with Gasteiger partial charge in [0.2, 0.25) is 11.8 Å². The molecule has 0 saturated carbocycles. The fraction of sp³-hybridized carbons (Fsp3) is 0.440. The lowest BCUT2D eigenvalue weighted by Crippen LogP contribution is -2.52. The summed E-state index contributed by atoms with van der Waals surface area (Å²) in [5.74, 6) is -0.700. The maximum Gasteiger partial charge on any atom is 0.304 e. The van der Waals surface area contributed by atoms with E-state index in [2.05, 4.69) is 5.32 Å². The first-order chi connectivity index (χ1) is 16.9. The van der Waals surface area contributed by atoms with Crippen molar-refractivity contribution >= 4 is 27.7 Å². The van der Waals surface area contributed by atoms with Crippen molar-refractivity contribution in [2.45, 2.75) is 33.4 Å². The normalized spacial score (nSPS) is 12.4. The first-order valence-corrected chi connectivity index (χ1v) is 12.9. The molecule has 0 aliphatic heterocycles. The fourth-order valence-electron chi connectivity index (χ4n) is 3.33. The molecule has 0 heterocycles. The number of ether oxygens (including phenoxy) is 1. The number of methoxy groups -OCH3 is 1. The van der Waals surface area contributed by atoms with Gasteiger partial charge in [-0.1, -0.05) is 26.0 Å². The Bertz CT molecular complexity index is 1140. The zero-order chi connectivity index (χ0) is 27.0. The Morgan fingerprint density at radius 2 is 1.69 bits per heavy atom. The average Bonchev–Trinajstić information content (AvgIpc) is 2.84. The molecule has 1 atom stereocenters. The summed E-state index contributed by atoms with van der Waals surface area (Å²) >= 11 is 0. The van der Waals surface area contributed by atoms with Crippen molar-refractivity contribution in [3.05, 3.63) is 59.9 Å². The first-order valence-electron chi connectivity index (χ1n) is 11.5. The Balaban J connectivity index is 2.44. The van der Waals surface area contributed by atoms with Gasteiger partial charge in [0.1, 0.15) is 24.2 Å². The third kappa shape index (κ3) is 7.66. The molecule has 198 valence electrons. The van der Waals surface area contributed by atoms with E-state index in [0.29, 0.717) is 17.9 Å². The monoisotopic (exact) mass is 522 g/mol. The van der Waals surface area contributed by atoms with Gasteiger partial charge in [0.15, 0.2) is 0 Å². The van der Waals surface area contributed by atoms with Gasteiger partial charge in [-0.25, -0.2) is 8.70 Å². The molecular formula is C25H35FN4O5S. The van der Waals surface area contributed by atoms with E-state index in [1.807, 2.05) is 13.8 Å². The lowest BCUT2D eigenvalue weighted by molar-refractivity contribution is -0.139. The summed E-state index contributed by atoms with van der Waals surface area (Å²) in [7, 11) is 0.0955. The molecular weight excluding hydrogens is 487 g/mol. The molecule has 1 unspecified atom stereocenters. The van der Waals surface area contributed by atoms with Crippen molar-refractivity contribution in [1.29, 1.82) is 0 Å². The molecule has 2 aromatic rings. The van der Waals surface area contributed by atoms with Crippen LogP contribution >= 0.6 is 0 Å². The molecule has 0 bridgehead atoms. The number of rotatable bonds is 12. The van der Waals surface area contributed by atoms with Crippen LogP contribution < -0.4 is 14.4 Å². The predicted octanol–water partition coefficient (Wildman–Crippen LogP) is 2.64. The SMILES string of the molecule is COc1cccc(CN(C(=O)CN(c2ccc(F)cc2)S(=O)(=O)N(C)C)C(C)C(=O)NCC(C)C)c1. The highest BCUT2D eigenvalue weighted by molar-refractivity contribution is 7.90. The molecule has 0 aliphatic carbocycles. The first kappa shape index (κ1) is 29.1. The summed E-state index contributed by atoms with van der Waals surface area (Å²) in [6.45, 7) is 5.40. The number of nitrogens with zero attached hydrogens (tertiary/aromatic N) is 3. The van der Waals surface area contributed by atoms with Crippen LogP contribution in [0.1, 0.15) is 26.3 Å². The van der Waals surface area contributed by atoms with E-state index in [-0.39, 0.29) is 24.1 Å². The number of halogens is 1. The summed E-state index contributed by atoms with van der Waals surface area (Å²) in [4.78, 5) is 27.8. The molecule has 1 N–H and O–H groups in total. The number of anilines is 1. The molecule has 0 aliphatic rings. The van der Waals surface area contributed by atoms with Crippen LogP contribution in [0.3, 0.4) is 0 Å². The fourth-order valence-corrected chi connectivity index (χ4v) is 4.38. The maximum atomic E-state index is 13.6. The largest absolute Gasteiger partial charge is 0.497 e. The third-order valence-corrected chi connectivity index (χ3v) is 7.29. The van der Waals surface area contributed by atoms with Crippen LogP contribution in [0.4, 0.5) is 10.1 Å². The van der Waals surface area contributed by atoms with Gasteiger partial charge in [0.25, 0.3) is 0 Å². The second kappa shape index (κ2) is 12.7. The Hall–Kier alpha value is -3.18. The van der Waals surface area contributed by atoms with Crippen LogP contribution in [-0.4, -0.2) is 69.8 Å². The van der Waals surface area contributed by atoms with Crippen molar-refractivity contribution in [2.24, 2.45) is 5.92 Å². The van der Waals surface area contributed by atoms with Crippen molar-refractivity contribution in [3.63, 3.8) is 0 Å². The molecule has 11 heteroatoms. The molecule has 0 radical (unpaired) electrons. The van der Waals surface area contributed by atoms with Gasteiger partial charge >= 0.3 is 10.2 Å². The van der Waals surface area contributed by atoms with Gasteiger partial charge in [-0.3, -0.25) is 9.59 Å². The summed E-state index contributed by atoms with van der Waals surface area (Å²) in [5, 5.41) is 2.83. The van der Waals surface area contributed by atoms with Crippen molar-refractivity contribution in [1.82, 2.24) is 14.5 Å². The highest BCUT2D eigenvalue weighted by Crippen LogP contribution is 2.22. The molecule has 36 heavy (non-hydrogen) atoms. The summed E-state index contributed by atoms with van der Waals surface area (Å²) in [6.07, 6.45) is 0. The van der Waals surface area contributed by atoms with Gasteiger partial charge in [-0.2, -0.15) is 12.7 Å². The van der Waals surface area contributed by atoms with Gasteiger partial charge < -0.3 is 15.0 Å². The minimum atomic E-state index is -4.11. The summed E-state index contributed by atoms with van der Waals surface area (Å²) < 4.78 is 46.8. The molecule has 2 rings (SSSR count). The third-order valence-electron chi connectivity index (χ3n) is 5.47. The zero-order valence-electron chi connectivity index (χ0n) is 21.6. The number of benzene rings is 2. The lowest BCUT2D eigenvalue weighted by Gasteiger charge is -2.33. The number of hydrogen-bond acceptors (Lipinski definition) is 5. The van der Waals surface area contributed by atoms with Gasteiger partial charge in [0.05, 0.1) is 12.8 Å². The highest BCUT2D eigenvalue weighted by atomic mass is 32.2. The quantitative estimate of drug-likeness (QED) is 0.462. The van der Waals surface area contributed by atoms with E-state index < -0.39 is 34.5 Å². The molecule has 0 aromatic heterocycles. The van der Waals surface area contributed by atoms with Crippen LogP contribution in [0.2, 0.25) is 0 Å². The summed E-state index contributed by atoms with van der Waals surface area (Å²) in [6, 6.07) is 11.0. The second-order valence-electron chi connectivity index (χ2n) is 8.96. The number of carbonyl (C=O) groups is 2. The molecule has 2 aromatic carbocycles. The van der Waals surface area contributed by atoms with Crippen molar-refractivity contribution < 1.29 is 27.1 Å². The smallest absolute Gasteiger partial charge is 0.304 e. The standard InChI is InChI=1S/C25H35FN4O5S/c1-18(2)15-27-25(32)19(3)29(16-20-8-7-9-23(14-20)35-6)24(31)17-30(36(33,34)28(4)5)22-12-10-21(26)11-13-22/h7-14,18-19H,15-17H2,1-6H3,(H,27,32). The van der Waals surface area contributed by atoms with E-state index in [9.17, 15) is 22.4 Å². The molecule has 0 spiro atoms. The second-order valence-corrected chi connectivity index (χ2v) is 11.0. The molecule has 2 amide bonds. The van der Waals surface area contributed by atoms with Crippen molar-refractivity contribution in [3.8, 4) is 5.75 Å². The molecule has 0 saturated heterocycles. The van der Waals surface area contributed by atoms with Crippen LogP contribution in [-0.2, 0) is 26.3 Å². The number of amides is 2. The maximum absolute atomic E-state index is 13.6.